The summed E-state index contributed by atoms with van der Waals surface area (Å²) >= 11 is 1.39. The molecule has 1 aromatic heterocycles. The summed E-state index contributed by atoms with van der Waals surface area (Å²) in [7, 11) is 0. The van der Waals surface area contributed by atoms with E-state index in [1.54, 1.807) is 0 Å². The van der Waals surface area contributed by atoms with E-state index in [1.165, 1.54) is 16.9 Å². The van der Waals surface area contributed by atoms with Gasteiger partial charge in [0.15, 0.2) is 0 Å². The number of carbonyl (C=O) groups excluding carboxylic acids is 1. The molecule has 0 saturated carbocycles. The van der Waals surface area contributed by atoms with Crippen LogP contribution in [0.1, 0.15) is 30.0 Å². The van der Waals surface area contributed by atoms with E-state index < -0.39 is 0 Å². The molecule has 1 N–H and O–H groups in total. The summed E-state index contributed by atoms with van der Waals surface area (Å²) in [4.78, 5) is 11.6. The number of anilines is 1. The summed E-state index contributed by atoms with van der Waals surface area (Å²) in [5.41, 5.74) is 2.37. The Kier molecular flexibility index (Phi) is 5.49. The van der Waals surface area contributed by atoms with E-state index in [-0.39, 0.29) is 11.8 Å². The maximum absolute atomic E-state index is 11.6. The molecule has 0 radical (unpaired) electrons. The molecule has 1 amide bonds. The molecule has 5 nitrogen and oxygen atoms in total. The lowest BCUT2D eigenvalue weighted by molar-refractivity contribution is -0.118. The number of aromatic nitrogens is 2. The van der Waals surface area contributed by atoms with Gasteiger partial charge in [-0.25, -0.2) is 0 Å². The van der Waals surface area contributed by atoms with Crippen molar-refractivity contribution in [2.75, 3.05) is 11.9 Å². The normalized spacial score (nSPS) is 10.8. The SMILES string of the molecule is Cc1cccc(OCCc2nnc(NC(=O)C(C)C)s2)c1C. The zero-order valence-corrected chi connectivity index (χ0v) is 14.2. The number of aryl methyl sites for hydroxylation is 1. The topological polar surface area (TPSA) is 64.1 Å². The van der Waals surface area contributed by atoms with Crippen LogP contribution in [0.3, 0.4) is 0 Å². The lowest BCUT2D eigenvalue weighted by atomic mass is 10.1. The number of ether oxygens (including phenoxy) is 1. The average molecular weight is 319 g/mol. The molecular weight excluding hydrogens is 298 g/mol. The van der Waals surface area contributed by atoms with Crippen LogP contribution < -0.4 is 10.1 Å². The Bertz CT molecular complexity index is 653. The highest BCUT2D eigenvalue weighted by Crippen LogP contribution is 2.21. The van der Waals surface area contributed by atoms with E-state index in [1.807, 2.05) is 26.0 Å². The second-order valence-electron chi connectivity index (χ2n) is 5.44. The van der Waals surface area contributed by atoms with Gasteiger partial charge in [-0.3, -0.25) is 4.79 Å². The standard InChI is InChI=1S/C16H21N3O2S/c1-10(2)15(20)17-16-19-18-14(22-16)8-9-21-13-7-5-6-11(3)12(13)4/h5-7,10H,8-9H2,1-4H3,(H,17,19,20). The number of carbonyl (C=O) groups is 1. The predicted octanol–water partition coefficient (Wildman–Crippen LogP) is 3.37. The largest absolute Gasteiger partial charge is 0.493 e. The highest BCUT2D eigenvalue weighted by atomic mass is 32.1. The van der Waals surface area contributed by atoms with Gasteiger partial charge in [0.05, 0.1) is 6.61 Å². The van der Waals surface area contributed by atoms with Gasteiger partial charge >= 0.3 is 0 Å². The van der Waals surface area contributed by atoms with E-state index in [4.69, 9.17) is 4.74 Å². The van der Waals surface area contributed by atoms with Crippen molar-refractivity contribution in [2.45, 2.75) is 34.1 Å². The average Bonchev–Trinajstić information content (AvgIpc) is 2.91. The molecule has 0 bridgehead atoms. The van der Waals surface area contributed by atoms with Gasteiger partial charge in [-0.2, -0.15) is 0 Å². The smallest absolute Gasteiger partial charge is 0.228 e. The fraction of sp³-hybridized carbons (Fsp3) is 0.438. The molecular formula is C16H21N3O2S. The van der Waals surface area contributed by atoms with Crippen molar-refractivity contribution in [3.63, 3.8) is 0 Å². The molecule has 0 fully saturated rings. The van der Waals surface area contributed by atoms with Gasteiger partial charge in [-0.05, 0) is 31.0 Å². The summed E-state index contributed by atoms with van der Waals surface area (Å²) in [6.07, 6.45) is 0.669. The van der Waals surface area contributed by atoms with Crippen molar-refractivity contribution < 1.29 is 9.53 Å². The lowest BCUT2D eigenvalue weighted by Gasteiger charge is -2.09. The zero-order chi connectivity index (χ0) is 16.1. The molecule has 0 unspecified atom stereocenters. The number of hydrogen-bond donors (Lipinski definition) is 1. The van der Waals surface area contributed by atoms with Crippen LogP contribution in [0.4, 0.5) is 5.13 Å². The molecule has 0 spiro atoms. The van der Waals surface area contributed by atoms with Crippen molar-refractivity contribution in [3.05, 3.63) is 34.3 Å². The van der Waals surface area contributed by atoms with Crippen molar-refractivity contribution >= 4 is 22.4 Å². The number of hydrogen-bond acceptors (Lipinski definition) is 5. The third kappa shape index (κ3) is 4.27. The maximum atomic E-state index is 11.6. The van der Waals surface area contributed by atoms with Crippen LogP contribution in [-0.4, -0.2) is 22.7 Å². The molecule has 1 aromatic carbocycles. The number of nitrogens with one attached hydrogen (secondary N) is 1. The maximum Gasteiger partial charge on any atom is 0.228 e. The van der Waals surface area contributed by atoms with E-state index in [2.05, 4.69) is 35.4 Å². The fourth-order valence-electron chi connectivity index (χ4n) is 1.78. The van der Waals surface area contributed by atoms with Crippen LogP contribution in [0.15, 0.2) is 18.2 Å². The Balaban J connectivity index is 1.86. The molecule has 0 aliphatic carbocycles. The Labute approximate surface area is 134 Å². The molecule has 22 heavy (non-hydrogen) atoms. The molecule has 0 aliphatic rings. The summed E-state index contributed by atoms with van der Waals surface area (Å²) in [5.74, 6) is 0.784. The van der Waals surface area contributed by atoms with Gasteiger partial charge < -0.3 is 10.1 Å². The van der Waals surface area contributed by atoms with Crippen LogP contribution in [0.2, 0.25) is 0 Å². The number of amides is 1. The Morgan fingerprint density at radius 1 is 1.32 bits per heavy atom. The zero-order valence-electron chi connectivity index (χ0n) is 13.3. The molecule has 2 rings (SSSR count). The van der Waals surface area contributed by atoms with Gasteiger partial charge in [0.25, 0.3) is 0 Å². The van der Waals surface area contributed by atoms with Gasteiger partial charge in [-0.1, -0.05) is 37.3 Å². The number of nitrogens with zero attached hydrogens (tertiary/aromatic N) is 2. The van der Waals surface area contributed by atoms with E-state index in [0.29, 0.717) is 18.2 Å². The first-order valence-corrected chi connectivity index (χ1v) is 8.11. The van der Waals surface area contributed by atoms with E-state index >= 15 is 0 Å². The quantitative estimate of drug-likeness (QED) is 0.886. The third-order valence-corrected chi connectivity index (χ3v) is 4.25. The van der Waals surface area contributed by atoms with Crippen LogP contribution in [0, 0.1) is 19.8 Å². The van der Waals surface area contributed by atoms with Crippen molar-refractivity contribution in [2.24, 2.45) is 5.92 Å². The highest BCUT2D eigenvalue weighted by molar-refractivity contribution is 7.15. The van der Waals surface area contributed by atoms with Crippen molar-refractivity contribution in [1.82, 2.24) is 10.2 Å². The first kappa shape index (κ1) is 16.4. The number of rotatable bonds is 6. The summed E-state index contributed by atoms with van der Waals surface area (Å²) in [6.45, 7) is 8.34. The monoisotopic (exact) mass is 319 g/mol. The van der Waals surface area contributed by atoms with Crippen LogP contribution in [0.5, 0.6) is 5.75 Å². The molecule has 6 heteroatoms. The summed E-state index contributed by atoms with van der Waals surface area (Å²) in [6, 6.07) is 6.02. The summed E-state index contributed by atoms with van der Waals surface area (Å²) in [5, 5.41) is 12.2. The predicted molar refractivity (Wildman–Crippen MR) is 88.5 cm³/mol. The van der Waals surface area contributed by atoms with Gasteiger partial charge in [-0.15, -0.1) is 10.2 Å². The first-order chi connectivity index (χ1) is 10.5. The fourth-order valence-corrected chi connectivity index (χ4v) is 2.51. The van der Waals surface area contributed by atoms with Crippen molar-refractivity contribution in [3.8, 4) is 5.75 Å². The first-order valence-electron chi connectivity index (χ1n) is 7.29. The second-order valence-corrected chi connectivity index (χ2v) is 6.50. The molecule has 0 saturated heterocycles. The Hall–Kier alpha value is -1.95. The van der Waals surface area contributed by atoms with Crippen molar-refractivity contribution in [1.29, 1.82) is 0 Å². The van der Waals surface area contributed by atoms with Crippen LogP contribution in [-0.2, 0) is 11.2 Å². The van der Waals surface area contributed by atoms with Gasteiger partial charge in [0, 0.05) is 12.3 Å². The van der Waals surface area contributed by atoms with E-state index in [9.17, 15) is 4.79 Å². The minimum absolute atomic E-state index is 0.0469. The Morgan fingerprint density at radius 3 is 2.82 bits per heavy atom. The minimum atomic E-state index is -0.0695. The second kappa shape index (κ2) is 7.35. The highest BCUT2D eigenvalue weighted by Gasteiger charge is 2.11. The summed E-state index contributed by atoms with van der Waals surface area (Å²) < 4.78 is 5.80. The van der Waals surface area contributed by atoms with Gasteiger partial charge in [0.2, 0.25) is 11.0 Å². The molecule has 2 aromatic rings. The molecule has 118 valence electrons. The number of benzene rings is 1. The van der Waals surface area contributed by atoms with Crippen LogP contribution in [0.25, 0.3) is 0 Å². The van der Waals surface area contributed by atoms with Crippen LogP contribution >= 0.6 is 11.3 Å². The third-order valence-electron chi connectivity index (χ3n) is 3.35. The molecule has 1 heterocycles. The van der Waals surface area contributed by atoms with Gasteiger partial charge in [0.1, 0.15) is 10.8 Å². The Morgan fingerprint density at radius 2 is 2.09 bits per heavy atom. The van der Waals surface area contributed by atoms with E-state index in [0.717, 1.165) is 16.3 Å². The molecule has 0 atom stereocenters. The molecule has 0 aliphatic heterocycles. The lowest BCUT2D eigenvalue weighted by Crippen LogP contribution is -2.17. The minimum Gasteiger partial charge on any atom is -0.493 e.